The summed E-state index contributed by atoms with van der Waals surface area (Å²) in [4.78, 5) is 22.1. The molecule has 2 fully saturated rings. The van der Waals surface area contributed by atoms with Crippen LogP contribution in [0.1, 0.15) is 58.9 Å². The van der Waals surface area contributed by atoms with Crippen LogP contribution in [0.4, 0.5) is 14.6 Å². The molecule has 2 aliphatic rings. The normalized spacial score (nSPS) is 21.2. The molecule has 1 amide bonds. The minimum absolute atomic E-state index is 0.0600. The summed E-state index contributed by atoms with van der Waals surface area (Å²) in [5.41, 5.74) is 8.74. The third-order valence-electron chi connectivity index (χ3n) is 6.79. The Labute approximate surface area is 191 Å². The summed E-state index contributed by atoms with van der Waals surface area (Å²) in [5.74, 6) is -0.932. The maximum atomic E-state index is 14.1. The zero-order valence-corrected chi connectivity index (χ0v) is 18.9. The lowest BCUT2D eigenvalue weighted by atomic mass is 9.97. The highest BCUT2D eigenvalue weighted by molar-refractivity contribution is 5.96. The molecule has 4 heterocycles. The van der Waals surface area contributed by atoms with Gasteiger partial charge < -0.3 is 15.5 Å². The van der Waals surface area contributed by atoms with Crippen molar-refractivity contribution in [3.05, 3.63) is 58.4 Å². The molecular weight excluding hydrogens is 426 g/mol. The molecule has 3 aromatic rings. The van der Waals surface area contributed by atoms with Crippen LogP contribution >= 0.6 is 0 Å². The molecule has 2 N–H and O–H groups in total. The number of piperidine rings is 1. The van der Waals surface area contributed by atoms with Gasteiger partial charge in [-0.3, -0.25) is 4.79 Å². The maximum absolute atomic E-state index is 14.1. The fourth-order valence-electron chi connectivity index (χ4n) is 4.99. The number of benzene rings is 1. The number of amides is 1. The largest absolute Gasteiger partial charge is 0.355 e. The van der Waals surface area contributed by atoms with Gasteiger partial charge in [0.2, 0.25) is 0 Å². The van der Waals surface area contributed by atoms with E-state index in [0.717, 1.165) is 68.0 Å². The maximum Gasteiger partial charge on any atom is 0.254 e. The topological polar surface area (TPSA) is 79.8 Å². The van der Waals surface area contributed by atoms with Crippen molar-refractivity contribution in [2.75, 3.05) is 24.5 Å². The van der Waals surface area contributed by atoms with Crippen LogP contribution in [0.5, 0.6) is 0 Å². The van der Waals surface area contributed by atoms with Crippen molar-refractivity contribution in [3.63, 3.8) is 0 Å². The van der Waals surface area contributed by atoms with Crippen LogP contribution in [0.3, 0.4) is 0 Å². The molecule has 0 bridgehead atoms. The summed E-state index contributed by atoms with van der Waals surface area (Å²) >= 11 is 0. The summed E-state index contributed by atoms with van der Waals surface area (Å²) < 4.78 is 29.7. The summed E-state index contributed by atoms with van der Waals surface area (Å²) in [6.07, 6.45) is 5.41. The van der Waals surface area contributed by atoms with Crippen molar-refractivity contribution in [2.24, 2.45) is 5.73 Å². The standard InChI is InChI=1S/C24H28F2N6O/c1-14-12-32-22(28-23(14)30-8-6-17(27)13-30)11-20(29-32)21-5-3-4-7-31(21)24(33)18-9-16(25)10-19(26)15(18)2/h9-12,17,21H,3-8,13,27H2,1-2H3. The van der Waals surface area contributed by atoms with E-state index in [-0.39, 0.29) is 29.1 Å². The van der Waals surface area contributed by atoms with Crippen LogP contribution in [0, 0.1) is 25.5 Å². The van der Waals surface area contributed by atoms with Crippen molar-refractivity contribution >= 4 is 17.4 Å². The van der Waals surface area contributed by atoms with Crippen molar-refractivity contribution in [1.29, 1.82) is 0 Å². The van der Waals surface area contributed by atoms with E-state index in [1.54, 1.807) is 9.42 Å². The molecule has 0 saturated carbocycles. The Balaban J connectivity index is 1.49. The molecule has 0 aliphatic carbocycles. The van der Waals surface area contributed by atoms with Gasteiger partial charge in [0.05, 0.1) is 11.7 Å². The van der Waals surface area contributed by atoms with Crippen LogP contribution in [0.25, 0.3) is 5.65 Å². The molecule has 2 atom stereocenters. The van der Waals surface area contributed by atoms with Gasteiger partial charge in [0, 0.05) is 55.1 Å². The minimum atomic E-state index is -0.753. The number of likely N-dealkylation sites (tertiary alicyclic amines) is 1. The van der Waals surface area contributed by atoms with E-state index in [2.05, 4.69) is 4.90 Å². The van der Waals surface area contributed by atoms with Crippen LogP contribution in [-0.2, 0) is 0 Å². The number of halogens is 2. The van der Waals surface area contributed by atoms with Gasteiger partial charge in [0.15, 0.2) is 5.65 Å². The van der Waals surface area contributed by atoms with Crippen molar-refractivity contribution in [1.82, 2.24) is 19.5 Å². The molecule has 174 valence electrons. The summed E-state index contributed by atoms with van der Waals surface area (Å²) in [6.45, 7) is 5.67. The van der Waals surface area contributed by atoms with E-state index < -0.39 is 11.6 Å². The van der Waals surface area contributed by atoms with Crippen LogP contribution in [0.2, 0.25) is 0 Å². The molecule has 5 rings (SSSR count). The van der Waals surface area contributed by atoms with Gasteiger partial charge in [0.25, 0.3) is 5.91 Å². The molecule has 2 unspecified atom stereocenters. The zero-order valence-electron chi connectivity index (χ0n) is 18.9. The molecule has 2 aliphatic heterocycles. The van der Waals surface area contributed by atoms with E-state index in [4.69, 9.17) is 15.8 Å². The van der Waals surface area contributed by atoms with Crippen LogP contribution in [0.15, 0.2) is 24.4 Å². The first-order chi connectivity index (χ1) is 15.8. The molecule has 33 heavy (non-hydrogen) atoms. The Kier molecular flexibility index (Phi) is 5.52. The number of hydrogen-bond acceptors (Lipinski definition) is 5. The summed E-state index contributed by atoms with van der Waals surface area (Å²) in [5, 5.41) is 4.73. The second-order valence-electron chi connectivity index (χ2n) is 9.18. The van der Waals surface area contributed by atoms with Gasteiger partial charge in [-0.1, -0.05) is 0 Å². The number of nitrogens with zero attached hydrogens (tertiary/aromatic N) is 5. The fourth-order valence-corrected chi connectivity index (χ4v) is 4.99. The van der Waals surface area contributed by atoms with Gasteiger partial charge in [-0.25, -0.2) is 18.3 Å². The Morgan fingerprint density at radius 2 is 1.94 bits per heavy atom. The number of aryl methyl sites for hydroxylation is 1. The number of hydrogen-bond donors (Lipinski definition) is 1. The fraction of sp³-hybridized carbons (Fsp3) is 0.458. The van der Waals surface area contributed by atoms with E-state index in [0.29, 0.717) is 12.2 Å². The van der Waals surface area contributed by atoms with Gasteiger partial charge in [-0.15, -0.1) is 0 Å². The average Bonchev–Trinajstić information content (AvgIpc) is 3.40. The third kappa shape index (κ3) is 3.94. The number of anilines is 1. The highest BCUT2D eigenvalue weighted by Gasteiger charge is 2.32. The number of rotatable bonds is 3. The molecule has 9 heteroatoms. The quantitative estimate of drug-likeness (QED) is 0.655. The molecule has 0 spiro atoms. The summed E-state index contributed by atoms with van der Waals surface area (Å²) in [6, 6.07) is 3.71. The molecule has 1 aromatic carbocycles. The number of carbonyl (C=O) groups is 1. The van der Waals surface area contributed by atoms with Gasteiger partial charge in [-0.05, 0) is 51.2 Å². The molecule has 2 aromatic heterocycles. The highest BCUT2D eigenvalue weighted by atomic mass is 19.1. The summed E-state index contributed by atoms with van der Waals surface area (Å²) in [7, 11) is 0. The number of carbonyl (C=O) groups excluding carboxylic acids is 1. The lowest BCUT2D eigenvalue weighted by Gasteiger charge is -2.35. The minimum Gasteiger partial charge on any atom is -0.355 e. The zero-order chi connectivity index (χ0) is 23.3. The number of nitrogens with two attached hydrogens (primary N) is 1. The van der Waals surface area contributed by atoms with E-state index in [1.165, 1.54) is 6.92 Å². The Morgan fingerprint density at radius 3 is 2.70 bits per heavy atom. The van der Waals surface area contributed by atoms with Crippen LogP contribution < -0.4 is 10.6 Å². The van der Waals surface area contributed by atoms with Crippen molar-refractivity contribution < 1.29 is 13.6 Å². The lowest BCUT2D eigenvalue weighted by Crippen LogP contribution is -2.39. The Morgan fingerprint density at radius 1 is 1.12 bits per heavy atom. The van der Waals surface area contributed by atoms with Crippen molar-refractivity contribution in [2.45, 2.75) is 51.6 Å². The Hall–Kier alpha value is -3.07. The number of aromatic nitrogens is 3. The smallest absolute Gasteiger partial charge is 0.254 e. The lowest BCUT2D eigenvalue weighted by molar-refractivity contribution is 0.0604. The second-order valence-corrected chi connectivity index (χ2v) is 9.18. The highest BCUT2D eigenvalue weighted by Crippen LogP contribution is 2.33. The van der Waals surface area contributed by atoms with Gasteiger partial charge in [0.1, 0.15) is 17.5 Å². The predicted octanol–water partition coefficient (Wildman–Crippen LogP) is 3.53. The van der Waals surface area contributed by atoms with Gasteiger partial charge >= 0.3 is 0 Å². The van der Waals surface area contributed by atoms with Crippen LogP contribution in [-0.4, -0.2) is 51.1 Å². The molecule has 7 nitrogen and oxygen atoms in total. The monoisotopic (exact) mass is 454 g/mol. The predicted molar refractivity (Wildman–Crippen MR) is 121 cm³/mol. The first-order valence-corrected chi connectivity index (χ1v) is 11.5. The van der Waals surface area contributed by atoms with Gasteiger partial charge in [-0.2, -0.15) is 5.10 Å². The molecule has 2 saturated heterocycles. The van der Waals surface area contributed by atoms with Crippen molar-refractivity contribution in [3.8, 4) is 0 Å². The number of fused-ring (bicyclic) bond motifs is 1. The van der Waals surface area contributed by atoms with E-state index in [9.17, 15) is 13.6 Å². The first-order valence-electron chi connectivity index (χ1n) is 11.5. The SMILES string of the molecule is Cc1cn2nc(C3CCCCN3C(=O)c3cc(F)cc(F)c3C)cc2nc1N1CCC(N)C1. The Bertz CT molecular complexity index is 1230. The average molecular weight is 455 g/mol. The second kappa shape index (κ2) is 8.37. The third-order valence-corrected chi connectivity index (χ3v) is 6.79. The van der Waals surface area contributed by atoms with E-state index >= 15 is 0 Å². The van der Waals surface area contributed by atoms with E-state index in [1.807, 2.05) is 19.2 Å². The molecule has 0 radical (unpaired) electrons. The molecular formula is C24H28F2N6O. The first kappa shape index (κ1) is 21.8.